The maximum absolute atomic E-state index is 13.0. The predicted octanol–water partition coefficient (Wildman–Crippen LogP) is 4.28. The number of rotatable bonds is 11. The Bertz CT molecular complexity index is 1210. The molecule has 0 saturated carbocycles. The van der Waals surface area contributed by atoms with Crippen LogP contribution in [0.5, 0.6) is 0 Å². The highest BCUT2D eigenvalue weighted by Gasteiger charge is 2.24. The second-order valence-electron chi connectivity index (χ2n) is 7.72. The smallest absolute Gasteiger partial charge is 0.243 e. The van der Waals surface area contributed by atoms with Gasteiger partial charge in [-0.15, -0.1) is 0 Å². The van der Waals surface area contributed by atoms with Crippen LogP contribution in [-0.4, -0.2) is 51.7 Å². The van der Waals surface area contributed by atoms with Gasteiger partial charge in [0.2, 0.25) is 21.8 Å². The van der Waals surface area contributed by atoms with Crippen LogP contribution in [0.15, 0.2) is 38.8 Å². The van der Waals surface area contributed by atoms with E-state index in [9.17, 15) is 13.2 Å². The Morgan fingerprint density at radius 2 is 1.97 bits per heavy atom. The van der Waals surface area contributed by atoms with Gasteiger partial charge >= 0.3 is 0 Å². The van der Waals surface area contributed by atoms with E-state index in [1.807, 2.05) is 13.8 Å². The molecule has 1 unspecified atom stereocenters. The monoisotopic (exact) mass is 493 g/mol. The zero-order valence-electron chi connectivity index (χ0n) is 19.7. The lowest BCUT2D eigenvalue weighted by molar-refractivity contribution is -0.115. The number of carbonyl (C=O) groups is 1. The number of fused-ring (bicyclic) bond motifs is 1. The van der Waals surface area contributed by atoms with E-state index in [1.165, 1.54) is 16.1 Å². The van der Waals surface area contributed by atoms with Crippen molar-refractivity contribution >= 4 is 44.6 Å². The van der Waals surface area contributed by atoms with Gasteiger partial charge in [0.15, 0.2) is 5.16 Å². The van der Waals surface area contributed by atoms with E-state index in [1.54, 1.807) is 38.1 Å². The summed E-state index contributed by atoms with van der Waals surface area (Å²) in [5, 5.41) is 6.72. The molecule has 1 atom stereocenters. The first kappa shape index (κ1) is 25.3. The van der Waals surface area contributed by atoms with E-state index < -0.39 is 15.3 Å². The highest BCUT2D eigenvalue weighted by molar-refractivity contribution is 8.00. The van der Waals surface area contributed by atoms with Crippen LogP contribution in [0.2, 0.25) is 0 Å². The van der Waals surface area contributed by atoms with Gasteiger partial charge < -0.3 is 9.09 Å². The average Bonchev–Trinajstić information content (AvgIpc) is 3.34. The minimum absolute atomic E-state index is 0.224. The molecule has 1 N–H and O–H groups in total. The van der Waals surface area contributed by atoms with Crippen molar-refractivity contribution in [1.29, 1.82) is 0 Å². The Hall–Kier alpha value is -2.37. The number of hydrogen-bond acceptors (Lipinski definition) is 7. The Morgan fingerprint density at radius 3 is 2.58 bits per heavy atom. The first-order valence-electron chi connectivity index (χ1n) is 11.1. The van der Waals surface area contributed by atoms with Crippen molar-refractivity contribution in [2.75, 3.05) is 18.4 Å². The first-order chi connectivity index (χ1) is 15.7. The maximum Gasteiger partial charge on any atom is 0.243 e. The number of aromatic nitrogens is 3. The molecular formula is C22H31N5O4S2. The van der Waals surface area contributed by atoms with Gasteiger partial charge in [0.25, 0.3) is 0 Å². The van der Waals surface area contributed by atoms with E-state index in [-0.39, 0.29) is 10.8 Å². The van der Waals surface area contributed by atoms with Gasteiger partial charge in [0.05, 0.1) is 26.9 Å². The summed E-state index contributed by atoms with van der Waals surface area (Å²) in [6, 6.07) is 6.72. The quantitative estimate of drug-likeness (QED) is 0.397. The third kappa shape index (κ3) is 5.59. The Labute approximate surface area is 199 Å². The molecule has 9 nitrogen and oxygen atoms in total. The Morgan fingerprint density at radius 1 is 1.24 bits per heavy atom. The molecule has 0 saturated heterocycles. The van der Waals surface area contributed by atoms with Gasteiger partial charge in [-0.25, -0.2) is 13.4 Å². The van der Waals surface area contributed by atoms with Crippen LogP contribution >= 0.6 is 11.8 Å². The molecule has 0 aliphatic heterocycles. The average molecular weight is 494 g/mol. The summed E-state index contributed by atoms with van der Waals surface area (Å²) in [6.07, 6.45) is 1.94. The molecule has 33 heavy (non-hydrogen) atoms. The van der Waals surface area contributed by atoms with Gasteiger partial charge in [0, 0.05) is 25.7 Å². The fourth-order valence-electron chi connectivity index (χ4n) is 3.44. The number of carbonyl (C=O) groups excluding carboxylic acids is 1. The Kier molecular flexibility index (Phi) is 8.19. The van der Waals surface area contributed by atoms with Gasteiger partial charge in [-0.2, -0.15) is 4.31 Å². The number of amides is 1. The van der Waals surface area contributed by atoms with E-state index in [2.05, 4.69) is 22.0 Å². The van der Waals surface area contributed by atoms with Crippen molar-refractivity contribution in [3.63, 3.8) is 0 Å². The van der Waals surface area contributed by atoms with E-state index in [0.29, 0.717) is 35.3 Å². The van der Waals surface area contributed by atoms with Crippen LogP contribution in [0.25, 0.3) is 11.0 Å². The molecule has 2 heterocycles. The molecule has 3 aromatic rings. The predicted molar refractivity (Wildman–Crippen MR) is 130 cm³/mol. The highest BCUT2D eigenvalue weighted by atomic mass is 32.2. The summed E-state index contributed by atoms with van der Waals surface area (Å²) in [5.74, 6) is 0.0748. The fraction of sp³-hybridized carbons (Fsp3) is 0.500. The van der Waals surface area contributed by atoms with E-state index >= 15 is 0 Å². The minimum atomic E-state index is -3.59. The van der Waals surface area contributed by atoms with E-state index in [4.69, 9.17) is 9.51 Å². The van der Waals surface area contributed by atoms with Gasteiger partial charge in [-0.1, -0.05) is 44.1 Å². The zero-order chi connectivity index (χ0) is 24.2. The van der Waals surface area contributed by atoms with Crippen LogP contribution in [-0.2, 0) is 21.4 Å². The summed E-state index contributed by atoms with van der Waals surface area (Å²) in [6.45, 7) is 10.9. The normalized spacial score (nSPS) is 13.0. The molecule has 1 amide bonds. The molecule has 180 valence electrons. The van der Waals surface area contributed by atoms with Crippen molar-refractivity contribution in [3.8, 4) is 0 Å². The highest BCUT2D eigenvalue weighted by Crippen LogP contribution is 2.30. The molecule has 0 fully saturated rings. The van der Waals surface area contributed by atoms with Crippen molar-refractivity contribution < 1.29 is 17.7 Å². The summed E-state index contributed by atoms with van der Waals surface area (Å²) >= 11 is 1.33. The van der Waals surface area contributed by atoms with Gasteiger partial charge in [-0.3, -0.25) is 10.1 Å². The fourth-order valence-corrected chi connectivity index (χ4v) is 5.87. The molecule has 0 aliphatic carbocycles. The van der Waals surface area contributed by atoms with Crippen molar-refractivity contribution in [3.05, 3.63) is 30.0 Å². The lowest BCUT2D eigenvalue weighted by atomic mass is 10.3. The van der Waals surface area contributed by atoms with Crippen LogP contribution in [0.4, 0.5) is 5.88 Å². The largest absolute Gasteiger partial charge is 0.338 e. The second kappa shape index (κ2) is 10.7. The first-order valence-corrected chi connectivity index (χ1v) is 13.4. The number of thioether (sulfide) groups is 1. The van der Waals surface area contributed by atoms with Gasteiger partial charge in [-0.05, 0) is 38.5 Å². The standard InChI is InChI=1S/C22H31N5O4S2/c1-6-9-12-27-19-11-10-17(33(29,30)26(7-2)8-3)14-18(19)23-22(27)32-16(5)21(28)24-20-13-15(4)25-31-20/h10-11,13-14,16H,6-9,12H2,1-5H3,(H,24,28). The van der Waals surface area contributed by atoms with Crippen molar-refractivity contribution in [2.24, 2.45) is 0 Å². The second-order valence-corrected chi connectivity index (χ2v) is 11.0. The molecular weight excluding hydrogens is 462 g/mol. The molecule has 1 aromatic carbocycles. The Balaban J connectivity index is 1.92. The van der Waals surface area contributed by atoms with E-state index in [0.717, 1.165) is 24.9 Å². The van der Waals surface area contributed by atoms with Crippen LogP contribution < -0.4 is 5.32 Å². The summed E-state index contributed by atoms with van der Waals surface area (Å²) < 4.78 is 34.5. The number of anilines is 1. The zero-order valence-corrected chi connectivity index (χ0v) is 21.3. The van der Waals surface area contributed by atoms with Crippen LogP contribution in [0, 0.1) is 6.92 Å². The molecule has 0 radical (unpaired) electrons. The number of nitrogens with zero attached hydrogens (tertiary/aromatic N) is 4. The number of imidazole rings is 1. The molecule has 0 bridgehead atoms. The lowest BCUT2D eigenvalue weighted by Crippen LogP contribution is -2.30. The summed E-state index contributed by atoms with van der Waals surface area (Å²) in [5.41, 5.74) is 2.13. The lowest BCUT2D eigenvalue weighted by Gasteiger charge is -2.18. The summed E-state index contributed by atoms with van der Waals surface area (Å²) in [7, 11) is -3.59. The van der Waals surface area contributed by atoms with Crippen molar-refractivity contribution in [2.45, 2.75) is 69.3 Å². The number of sulfonamides is 1. The molecule has 3 rings (SSSR count). The third-order valence-corrected chi connectivity index (χ3v) is 8.42. The number of aryl methyl sites for hydroxylation is 2. The van der Waals surface area contributed by atoms with Crippen LogP contribution in [0.1, 0.15) is 46.2 Å². The molecule has 2 aromatic heterocycles. The third-order valence-electron chi connectivity index (χ3n) is 5.29. The number of unbranched alkanes of at least 4 members (excludes halogenated alkanes) is 1. The summed E-state index contributed by atoms with van der Waals surface area (Å²) in [4.78, 5) is 17.6. The topological polar surface area (TPSA) is 110 Å². The molecule has 0 aliphatic rings. The van der Waals surface area contributed by atoms with Gasteiger partial charge in [0.1, 0.15) is 0 Å². The number of benzene rings is 1. The number of hydrogen-bond donors (Lipinski definition) is 1. The van der Waals surface area contributed by atoms with Crippen LogP contribution in [0.3, 0.4) is 0 Å². The van der Waals surface area contributed by atoms with Crippen molar-refractivity contribution in [1.82, 2.24) is 19.0 Å². The SMILES string of the molecule is CCCCn1c(SC(C)C(=O)Nc2cc(C)no2)nc2cc(S(=O)(=O)N(CC)CC)ccc21. The molecule has 0 spiro atoms. The minimum Gasteiger partial charge on any atom is -0.338 e. The maximum atomic E-state index is 13.0. The molecule has 11 heteroatoms. The number of nitrogens with one attached hydrogen (secondary N) is 1.